The van der Waals surface area contributed by atoms with Gasteiger partial charge in [0.2, 0.25) is 0 Å². The van der Waals surface area contributed by atoms with E-state index in [1.54, 1.807) is 19.9 Å². The molecule has 1 heterocycles. The number of benzene rings is 1. The minimum Gasteiger partial charge on any atom is -0.394 e. The van der Waals surface area contributed by atoms with Crippen molar-refractivity contribution in [1.29, 1.82) is 0 Å². The lowest BCUT2D eigenvalue weighted by molar-refractivity contribution is 0.593. The largest absolute Gasteiger partial charge is 0.394 e. The van der Waals surface area contributed by atoms with Gasteiger partial charge < -0.3 is 5.73 Å². The second kappa shape index (κ2) is 4.08. The SMILES string of the molecule is Cc1cc(C)nc(-c2ccc(F)c(N)c2F)n1. The molecule has 0 atom stereocenters. The zero-order chi connectivity index (χ0) is 12.6. The Morgan fingerprint density at radius 1 is 1.06 bits per heavy atom. The van der Waals surface area contributed by atoms with Gasteiger partial charge in [-0.25, -0.2) is 18.7 Å². The number of aryl methyl sites for hydroxylation is 2. The van der Waals surface area contributed by atoms with Crippen molar-refractivity contribution in [1.82, 2.24) is 9.97 Å². The number of anilines is 1. The fraction of sp³-hybridized carbons (Fsp3) is 0.167. The topological polar surface area (TPSA) is 51.8 Å². The Balaban J connectivity index is 2.64. The molecule has 1 aromatic heterocycles. The van der Waals surface area contributed by atoms with E-state index in [9.17, 15) is 8.78 Å². The van der Waals surface area contributed by atoms with Gasteiger partial charge in [0.15, 0.2) is 11.6 Å². The second-order valence-corrected chi connectivity index (χ2v) is 3.80. The van der Waals surface area contributed by atoms with Crippen molar-refractivity contribution in [3.8, 4) is 11.4 Å². The molecule has 0 radical (unpaired) electrons. The molecule has 3 nitrogen and oxygen atoms in total. The Morgan fingerprint density at radius 2 is 1.65 bits per heavy atom. The molecule has 0 saturated carbocycles. The molecule has 0 fully saturated rings. The molecule has 0 saturated heterocycles. The molecule has 0 aliphatic carbocycles. The van der Waals surface area contributed by atoms with Gasteiger partial charge in [0.05, 0.1) is 5.56 Å². The van der Waals surface area contributed by atoms with E-state index in [1.165, 1.54) is 6.07 Å². The predicted octanol–water partition coefficient (Wildman–Crippen LogP) is 2.62. The number of nitrogen functional groups attached to an aromatic ring is 1. The van der Waals surface area contributed by atoms with Gasteiger partial charge in [0.1, 0.15) is 11.5 Å². The quantitative estimate of drug-likeness (QED) is 0.773. The predicted molar refractivity (Wildman–Crippen MR) is 61.3 cm³/mol. The van der Waals surface area contributed by atoms with Gasteiger partial charge in [-0.2, -0.15) is 0 Å². The summed E-state index contributed by atoms with van der Waals surface area (Å²) in [4.78, 5) is 8.21. The molecule has 17 heavy (non-hydrogen) atoms. The summed E-state index contributed by atoms with van der Waals surface area (Å²) in [6, 6.07) is 4.16. The first-order valence-corrected chi connectivity index (χ1v) is 5.05. The first-order valence-electron chi connectivity index (χ1n) is 5.05. The molecule has 0 aliphatic rings. The van der Waals surface area contributed by atoms with Crippen LogP contribution in [-0.2, 0) is 0 Å². The van der Waals surface area contributed by atoms with Crippen LogP contribution in [0.15, 0.2) is 18.2 Å². The van der Waals surface area contributed by atoms with Crippen LogP contribution in [0.4, 0.5) is 14.5 Å². The molecule has 0 aliphatic heterocycles. The number of nitrogens with zero attached hydrogens (tertiary/aromatic N) is 2. The molecule has 2 aromatic rings. The summed E-state index contributed by atoms with van der Waals surface area (Å²) < 4.78 is 26.8. The summed E-state index contributed by atoms with van der Waals surface area (Å²) >= 11 is 0. The lowest BCUT2D eigenvalue weighted by Crippen LogP contribution is -2.01. The molecule has 1 aromatic carbocycles. The molecule has 2 rings (SSSR count). The average Bonchev–Trinajstić information content (AvgIpc) is 2.24. The lowest BCUT2D eigenvalue weighted by atomic mass is 10.1. The molecule has 0 unspecified atom stereocenters. The average molecular weight is 235 g/mol. The fourth-order valence-electron chi connectivity index (χ4n) is 1.59. The van der Waals surface area contributed by atoms with Crippen molar-refractivity contribution < 1.29 is 8.78 Å². The smallest absolute Gasteiger partial charge is 0.162 e. The number of hydrogen-bond donors (Lipinski definition) is 1. The van der Waals surface area contributed by atoms with Crippen LogP contribution in [0.3, 0.4) is 0 Å². The Labute approximate surface area is 97.3 Å². The van der Waals surface area contributed by atoms with E-state index in [2.05, 4.69) is 9.97 Å². The highest BCUT2D eigenvalue weighted by molar-refractivity contribution is 5.63. The van der Waals surface area contributed by atoms with Crippen molar-refractivity contribution in [2.24, 2.45) is 0 Å². The van der Waals surface area contributed by atoms with Crippen LogP contribution in [0.2, 0.25) is 0 Å². The van der Waals surface area contributed by atoms with E-state index < -0.39 is 17.3 Å². The first kappa shape index (κ1) is 11.4. The summed E-state index contributed by atoms with van der Waals surface area (Å²) in [6.07, 6.45) is 0. The molecule has 0 amide bonds. The standard InChI is InChI=1S/C12H11F2N3/c1-6-5-7(2)17-12(16-6)8-3-4-9(13)11(15)10(8)14/h3-5H,15H2,1-2H3. The lowest BCUT2D eigenvalue weighted by Gasteiger charge is -2.06. The van der Waals surface area contributed by atoms with Crippen molar-refractivity contribution in [3.05, 3.63) is 41.2 Å². The Kier molecular flexibility index (Phi) is 2.75. The minimum absolute atomic E-state index is 0.107. The zero-order valence-corrected chi connectivity index (χ0v) is 9.46. The highest BCUT2D eigenvalue weighted by Crippen LogP contribution is 2.25. The van der Waals surface area contributed by atoms with Gasteiger partial charge in [-0.05, 0) is 32.0 Å². The van der Waals surface area contributed by atoms with Gasteiger partial charge in [0, 0.05) is 11.4 Å². The van der Waals surface area contributed by atoms with Crippen molar-refractivity contribution >= 4 is 5.69 Å². The highest BCUT2D eigenvalue weighted by atomic mass is 19.1. The summed E-state index contributed by atoms with van der Waals surface area (Å²) in [6.45, 7) is 3.56. The maximum Gasteiger partial charge on any atom is 0.162 e. The Hall–Kier alpha value is -2.04. The van der Waals surface area contributed by atoms with Gasteiger partial charge in [0.25, 0.3) is 0 Å². The van der Waals surface area contributed by atoms with Crippen molar-refractivity contribution in [2.45, 2.75) is 13.8 Å². The van der Waals surface area contributed by atoms with Crippen LogP contribution in [0.5, 0.6) is 0 Å². The second-order valence-electron chi connectivity index (χ2n) is 3.80. The Morgan fingerprint density at radius 3 is 2.24 bits per heavy atom. The summed E-state index contributed by atoms with van der Waals surface area (Å²) in [7, 11) is 0. The van der Waals surface area contributed by atoms with Crippen LogP contribution in [0.1, 0.15) is 11.4 Å². The van der Waals surface area contributed by atoms with E-state index in [1.807, 2.05) is 0 Å². The third-order valence-corrected chi connectivity index (χ3v) is 2.35. The molecular formula is C12H11F2N3. The zero-order valence-electron chi connectivity index (χ0n) is 9.46. The van der Waals surface area contributed by atoms with Crippen LogP contribution in [0.25, 0.3) is 11.4 Å². The maximum atomic E-state index is 13.8. The van der Waals surface area contributed by atoms with Crippen LogP contribution >= 0.6 is 0 Å². The first-order chi connectivity index (χ1) is 7.99. The van der Waals surface area contributed by atoms with Crippen LogP contribution < -0.4 is 5.73 Å². The minimum atomic E-state index is -0.824. The molecule has 0 spiro atoms. The number of halogens is 2. The number of hydrogen-bond acceptors (Lipinski definition) is 3. The van der Waals surface area contributed by atoms with Crippen molar-refractivity contribution in [2.75, 3.05) is 5.73 Å². The monoisotopic (exact) mass is 235 g/mol. The maximum absolute atomic E-state index is 13.8. The molecule has 2 N–H and O–H groups in total. The molecule has 0 bridgehead atoms. The highest BCUT2D eigenvalue weighted by Gasteiger charge is 2.14. The fourth-order valence-corrected chi connectivity index (χ4v) is 1.59. The third-order valence-electron chi connectivity index (χ3n) is 2.35. The van der Waals surface area contributed by atoms with Crippen LogP contribution in [0, 0.1) is 25.5 Å². The number of aromatic nitrogens is 2. The van der Waals surface area contributed by atoms with Gasteiger partial charge in [-0.1, -0.05) is 0 Å². The van der Waals surface area contributed by atoms with E-state index in [0.29, 0.717) is 0 Å². The van der Waals surface area contributed by atoms with Gasteiger partial charge in [-0.3, -0.25) is 0 Å². The Bertz CT molecular complexity index is 562. The van der Waals surface area contributed by atoms with Gasteiger partial charge >= 0.3 is 0 Å². The number of nitrogens with two attached hydrogens (primary N) is 1. The molecular weight excluding hydrogens is 224 g/mol. The summed E-state index contributed by atoms with van der Waals surface area (Å²) in [5, 5.41) is 0. The molecule has 5 heteroatoms. The third kappa shape index (κ3) is 2.08. The molecule has 88 valence electrons. The number of rotatable bonds is 1. The van der Waals surface area contributed by atoms with Crippen molar-refractivity contribution in [3.63, 3.8) is 0 Å². The van der Waals surface area contributed by atoms with Gasteiger partial charge in [-0.15, -0.1) is 0 Å². The van der Waals surface area contributed by atoms with E-state index in [4.69, 9.17) is 5.73 Å². The normalized spacial score (nSPS) is 10.6. The summed E-state index contributed by atoms with van der Waals surface area (Å²) in [5.74, 6) is -1.39. The van der Waals surface area contributed by atoms with E-state index >= 15 is 0 Å². The van der Waals surface area contributed by atoms with E-state index in [0.717, 1.165) is 17.5 Å². The van der Waals surface area contributed by atoms with E-state index in [-0.39, 0.29) is 11.4 Å². The van der Waals surface area contributed by atoms with Crippen LogP contribution in [-0.4, -0.2) is 9.97 Å². The summed E-state index contributed by atoms with van der Waals surface area (Å²) in [5.41, 5.74) is 6.32.